The molecule has 6 heteroatoms. The van der Waals surface area contributed by atoms with Crippen LogP contribution in [0.4, 0.5) is 5.13 Å². The van der Waals surface area contributed by atoms with Crippen LogP contribution in [-0.2, 0) is 17.6 Å². The Morgan fingerprint density at radius 3 is 2.90 bits per heavy atom. The molecule has 1 aromatic carbocycles. The van der Waals surface area contributed by atoms with Gasteiger partial charge in [0.25, 0.3) is 0 Å². The van der Waals surface area contributed by atoms with E-state index in [0.29, 0.717) is 5.13 Å². The number of benzene rings is 1. The molecule has 0 spiro atoms. The number of carbonyl (C=O) groups is 1. The van der Waals surface area contributed by atoms with Crippen molar-refractivity contribution in [2.24, 2.45) is 5.73 Å². The molecular weight excluding hydrogens is 306 g/mol. The number of hydrogen-bond acceptors (Lipinski definition) is 4. The van der Waals surface area contributed by atoms with E-state index >= 15 is 0 Å². The Morgan fingerprint density at radius 1 is 1.38 bits per heavy atom. The number of amides is 1. The summed E-state index contributed by atoms with van der Waals surface area (Å²) in [7, 11) is 0. The number of carbonyl (C=O) groups excluding carboxylic acids is 1. The first-order valence-electron chi connectivity index (χ1n) is 6.77. The number of thiazole rings is 1. The first kappa shape index (κ1) is 15.9. The van der Waals surface area contributed by atoms with Gasteiger partial charge in [-0.2, -0.15) is 0 Å². The summed E-state index contributed by atoms with van der Waals surface area (Å²) >= 11 is 1.49. The Bertz CT molecular complexity index is 669. The zero-order chi connectivity index (χ0) is 14.1. The highest BCUT2D eigenvalue weighted by molar-refractivity contribution is 7.16. The van der Waals surface area contributed by atoms with E-state index in [9.17, 15) is 4.79 Å². The van der Waals surface area contributed by atoms with Gasteiger partial charge in [-0.15, -0.1) is 23.7 Å². The van der Waals surface area contributed by atoms with Crippen molar-refractivity contribution in [3.63, 3.8) is 0 Å². The number of aromatic nitrogens is 1. The quantitative estimate of drug-likeness (QED) is 0.912. The molecule has 4 nitrogen and oxygen atoms in total. The molecule has 1 aromatic heterocycles. The van der Waals surface area contributed by atoms with Crippen LogP contribution in [0.1, 0.15) is 22.4 Å². The average Bonchev–Trinajstić information content (AvgIpc) is 3.04. The average molecular weight is 324 g/mol. The fourth-order valence-corrected chi connectivity index (χ4v) is 3.46. The topological polar surface area (TPSA) is 68.0 Å². The van der Waals surface area contributed by atoms with Crippen molar-refractivity contribution < 1.29 is 4.79 Å². The van der Waals surface area contributed by atoms with Crippen molar-refractivity contribution in [1.29, 1.82) is 0 Å². The number of anilines is 1. The Kier molecular flexibility index (Phi) is 4.98. The molecule has 0 aliphatic heterocycles. The molecule has 0 fully saturated rings. The normalized spacial score (nSPS) is 12.7. The second-order valence-corrected chi connectivity index (χ2v) is 6.22. The maximum atomic E-state index is 11.3. The number of nitrogens with one attached hydrogen (secondary N) is 1. The van der Waals surface area contributed by atoms with Crippen molar-refractivity contribution in [1.82, 2.24) is 4.98 Å². The molecule has 3 rings (SSSR count). The van der Waals surface area contributed by atoms with E-state index in [0.717, 1.165) is 22.6 Å². The third-order valence-corrected chi connectivity index (χ3v) is 4.49. The van der Waals surface area contributed by atoms with Gasteiger partial charge in [0, 0.05) is 10.4 Å². The van der Waals surface area contributed by atoms with E-state index in [1.165, 1.54) is 35.3 Å². The van der Waals surface area contributed by atoms with Gasteiger partial charge >= 0.3 is 0 Å². The molecule has 3 N–H and O–H groups in total. The molecule has 0 saturated carbocycles. The summed E-state index contributed by atoms with van der Waals surface area (Å²) in [6.07, 6.45) is 3.58. The first-order valence-corrected chi connectivity index (χ1v) is 7.58. The summed E-state index contributed by atoms with van der Waals surface area (Å²) < 4.78 is 0. The SMILES string of the molecule is Cc1sc(NC(=O)CN)nc1-c1ccc2c(c1)CCC2.Cl. The maximum absolute atomic E-state index is 11.3. The maximum Gasteiger partial charge on any atom is 0.239 e. The van der Waals surface area contributed by atoms with E-state index in [1.54, 1.807) is 0 Å². The monoisotopic (exact) mass is 323 g/mol. The van der Waals surface area contributed by atoms with Crippen LogP contribution in [0.15, 0.2) is 18.2 Å². The minimum absolute atomic E-state index is 0. The van der Waals surface area contributed by atoms with Gasteiger partial charge in [0.15, 0.2) is 5.13 Å². The molecule has 112 valence electrons. The van der Waals surface area contributed by atoms with Gasteiger partial charge in [-0.3, -0.25) is 4.79 Å². The lowest BCUT2D eigenvalue weighted by Crippen LogP contribution is -2.21. The van der Waals surface area contributed by atoms with Crippen molar-refractivity contribution in [3.05, 3.63) is 34.2 Å². The van der Waals surface area contributed by atoms with Crippen LogP contribution in [0.5, 0.6) is 0 Å². The summed E-state index contributed by atoms with van der Waals surface area (Å²) in [5.41, 5.74) is 10.3. The molecular formula is C15H18ClN3OS. The van der Waals surface area contributed by atoms with Crippen LogP contribution in [0.3, 0.4) is 0 Å². The zero-order valence-corrected chi connectivity index (χ0v) is 13.4. The number of aryl methyl sites for hydroxylation is 3. The predicted molar refractivity (Wildman–Crippen MR) is 89.2 cm³/mol. The molecule has 0 bridgehead atoms. The molecule has 0 unspecified atom stereocenters. The summed E-state index contributed by atoms with van der Waals surface area (Å²) in [4.78, 5) is 17.0. The first-order chi connectivity index (χ1) is 9.67. The van der Waals surface area contributed by atoms with Gasteiger partial charge in [-0.1, -0.05) is 12.1 Å². The van der Waals surface area contributed by atoms with Crippen LogP contribution in [0.25, 0.3) is 11.3 Å². The number of nitrogens with zero attached hydrogens (tertiary/aromatic N) is 1. The molecule has 1 amide bonds. The van der Waals surface area contributed by atoms with Crippen molar-refractivity contribution in [2.75, 3.05) is 11.9 Å². The van der Waals surface area contributed by atoms with Gasteiger partial charge in [0.05, 0.1) is 12.2 Å². The second-order valence-electron chi connectivity index (χ2n) is 5.01. The third kappa shape index (κ3) is 3.26. The lowest BCUT2D eigenvalue weighted by atomic mass is 10.0. The number of fused-ring (bicyclic) bond motifs is 1. The fraction of sp³-hybridized carbons (Fsp3) is 0.333. The summed E-state index contributed by atoms with van der Waals surface area (Å²) in [5, 5.41) is 3.34. The predicted octanol–water partition coefficient (Wildman–Crippen LogP) is 2.93. The highest BCUT2D eigenvalue weighted by atomic mass is 35.5. The van der Waals surface area contributed by atoms with Crippen molar-refractivity contribution in [2.45, 2.75) is 26.2 Å². The Hall–Kier alpha value is -1.43. The lowest BCUT2D eigenvalue weighted by molar-refractivity contribution is -0.114. The van der Waals surface area contributed by atoms with E-state index in [2.05, 4.69) is 28.5 Å². The zero-order valence-electron chi connectivity index (χ0n) is 11.8. The number of halogens is 1. The Morgan fingerprint density at radius 2 is 2.14 bits per heavy atom. The van der Waals surface area contributed by atoms with Crippen LogP contribution in [0.2, 0.25) is 0 Å². The standard InChI is InChI=1S/C15H17N3OS.ClH/c1-9-14(18-15(20-9)17-13(19)8-16)12-6-5-10-3-2-4-11(10)7-12;/h5-7H,2-4,8,16H2,1H3,(H,17,18,19);1H. The van der Waals surface area contributed by atoms with Crippen LogP contribution < -0.4 is 11.1 Å². The van der Waals surface area contributed by atoms with Gasteiger partial charge in [0.2, 0.25) is 5.91 Å². The molecule has 21 heavy (non-hydrogen) atoms. The van der Waals surface area contributed by atoms with E-state index in [4.69, 9.17) is 5.73 Å². The van der Waals surface area contributed by atoms with Gasteiger partial charge < -0.3 is 11.1 Å². The molecule has 1 aliphatic carbocycles. The molecule has 0 atom stereocenters. The molecule has 0 radical (unpaired) electrons. The van der Waals surface area contributed by atoms with Crippen LogP contribution >= 0.6 is 23.7 Å². The second kappa shape index (κ2) is 6.56. The van der Waals surface area contributed by atoms with Crippen molar-refractivity contribution in [3.8, 4) is 11.3 Å². The van der Waals surface area contributed by atoms with E-state index < -0.39 is 0 Å². The minimum Gasteiger partial charge on any atom is -0.322 e. The van der Waals surface area contributed by atoms with E-state index in [-0.39, 0.29) is 24.9 Å². The van der Waals surface area contributed by atoms with Gasteiger partial charge in [-0.25, -0.2) is 4.98 Å². The highest BCUT2D eigenvalue weighted by Crippen LogP contribution is 2.33. The third-order valence-electron chi connectivity index (χ3n) is 3.60. The van der Waals surface area contributed by atoms with Gasteiger partial charge in [0.1, 0.15) is 0 Å². The van der Waals surface area contributed by atoms with Crippen LogP contribution in [0, 0.1) is 6.92 Å². The molecule has 1 aliphatic rings. The molecule has 1 heterocycles. The highest BCUT2D eigenvalue weighted by Gasteiger charge is 2.15. The minimum atomic E-state index is -0.209. The van der Waals surface area contributed by atoms with Crippen LogP contribution in [-0.4, -0.2) is 17.4 Å². The summed E-state index contributed by atoms with van der Waals surface area (Å²) in [5.74, 6) is -0.209. The number of nitrogens with two attached hydrogens (primary N) is 1. The molecule has 2 aromatic rings. The largest absolute Gasteiger partial charge is 0.322 e. The molecule has 0 saturated heterocycles. The Labute approximate surface area is 134 Å². The van der Waals surface area contributed by atoms with E-state index in [1.807, 2.05) is 6.92 Å². The summed E-state index contributed by atoms with van der Waals surface area (Å²) in [6, 6.07) is 6.56. The summed E-state index contributed by atoms with van der Waals surface area (Å²) in [6.45, 7) is 2.01. The van der Waals surface area contributed by atoms with Gasteiger partial charge in [-0.05, 0) is 43.4 Å². The smallest absolute Gasteiger partial charge is 0.239 e. The fourth-order valence-electron chi connectivity index (χ4n) is 2.61. The number of rotatable bonds is 3. The van der Waals surface area contributed by atoms with Crippen molar-refractivity contribution >= 4 is 34.8 Å². The lowest BCUT2D eigenvalue weighted by Gasteiger charge is -2.03. The Balaban J connectivity index is 0.00000161. The number of hydrogen-bond donors (Lipinski definition) is 2.